The summed E-state index contributed by atoms with van der Waals surface area (Å²) in [6.45, 7) is 3.86. The molecule has 0 radical (unpaired) electrons. The zero-order valence-electron chi connectivity index (χ0n) is 12.2. The number of nitrogens with one attached hydrogen (secondary N) is 2. The normalized spacial score (nSPS) is 11.0. The summed E-state index contributed by atoms with van der Waals surface area (Å²) in [5, 5.41) is 2.49. The fourth-order valence-corrected chi connectivity index (χ4v) is 2.59. The minimum atomic E-state index is -3.92. The van der Waals surface area contributed by atoms with Gasteiger partial charge in [0.15, 0.2) is 5.78 Å². The lowest BCUT2D eigenvalue weighted by molar-refractivity contribution is 0.101. The van der Waals surface area contributed by atoms with Crippen LogP contribution in [0.5, 0.6) is 0 Å². The van der Waals surface area contributed by atoms with Gasteiger partial charge in [-0.1, -0.05) is 31.9 Å². The Kier molecular flexibility index (Phi) is 6.36. The average molecular weight is 312 g/mol. The van der Waals surface area contributed by atoms with Crippen molar-refractivity contribution in [2.24, 2.45) is 0 Å². The van der Waals surface area contributed by atoms with E-state index in [0.717, 1.165) is 19.3 Å². The molecule has 2 N–H and O–H groups in total. The Morgan fingerprint density at radius 2 is 1.71 bits per heavy atom. The fourth-order valence-electron chi connectivity index (χ4n) is 1.66. The van der Waals surface area contributed by atoms with Gasteiger partial charge in [0.05, 0.1) is 4.90 Å². The molecule has 0 atom stereocenters. The maximum Gasteiger partial charge on any atom is 0.328 e. The number of urea groups is 1. The van der Waals surface area contributed by atoms with E-state index in [9.17, 15) is 18.0 Å². The molecule has 0 aliphatic carbocycles. The number of amides is 2. The summed E-state index contributed by atoms with van der Waals surface area (Å²) in [4.78, 5) is 22.6. The van der Waals surface area contributed by atoms with Gasteiger partial charge in [0, 0.05) is 12.1 Å². The largest absolute Gasteiger partial charge is 0.337 e. The Labute approximate surface area is 125 Å². The van der Waals surface area contributed by atoms with Crippen molar-refractivity contribution < 1.29 is 18.0 Å². The van der Waals surface area contributed by atoms with Crippen LogP contribution in [-0.4, -0.2) is 26.8 Å². The lowest BCUT2D eigenvalue weighted by Gasteiger charge is -2.08. The first-order chi connectivity index (χ1) is 9.86. The van der Waals surface area contributed by atoms with Crippen molar-refractivity contribution in [3.8, 4) is 0 Å². The summed E-state index contributed by atoms with van der Waals surface area (Å²) in [6, 6.07) is 4.67. The SMILES string of the molecule is CCCCCNC(=O)NS(=O)(=O)c1ccc(C(C)=O)cc1. The lowest BCUT2D eigenvalue weighted by atomic mass is 10.2. The third-order valence-electron chi connectivity index (χ3n) is 2.86. The Bertz CT molecular complexity index is 594. The van der Waals surface area contributed by atoms with E-state index in [1.807, 2.05) is 11.6 Å². The molecule has 2 amide bonds. The van der Waals surface area contributed by atoms with Gasteiger partial charge in [0.1, 0.15) is 0 Å². The van der Waals surface area contributed by atoms with Gasteiger partial charge >= 0.3 is 6.03 Å². The monoisotopic (exact) mass is 312 g/mol. The molecule has 7 heteroatoms. The van der Waals surface area contributed by atoms with Crippen LogP contribution >= 0.6 is 0 Å². The highest BCUT2D eigenvalue weighted by atomic mass is 32.2. The number of Topliss-reactive ketones (excluding diaryl/α,β-unsaturated/α-hetero) is 1. The van der Waals surface area contributed by atoms with E-state index >= 15 is 0 Å². The number of carbonyl (C=O) groups excluding carboxylic acids is 2. The van der Waals surface area contributed by atoms with Gasteiger partial charge < -0.3 is 5.32 Å². The minimum Gasteiger partial charge on any atom is -0.337 e. The molecule has 0 heterocycles. The molecule has 0 unspecified atom stereocenters. The molecule has 0 saturated heterocycles. The van der Waals surface area contributed by atoms with Gasteiger partial charge in [0.2, 0.25) is 0 Å². The molecule has 1 aromatic rings. The third kappa shape index (κ3) is 5.55. The van der Waals surface area contributed by atoms with Crippen LogP contribution in [0.25, 0.3) is 0 Å². The van der Waals surface area contributed by atoms with E-state index in [-0.39, 0.29) is 10.7 Å². The maximum absolute atomic E-state index is 12.0. The number of rotatable bonds is 7. The Balaban J connectivity index is 2.64. The van der Waals surface area contributed by atoms with Crippen molar-refractivity contribution in [3.05, 3.63) is 29.8 Å². The van der Waals surface area contributed by atoms with Crippen LogP contribution in [0, 0.1) is 0 Å². The highest BCUT2D eigenvalue weighted by Gasteiger charge is 2.17. The van der Waals surface area contributed by atoms with E-state index < -0.39 is 16.1 Å². The Morgan fingerprint density at radius 1 is 1.10 bits per heavy atom. The van der Waals surface area contributed by atoms with Crippen LogP contribution in [0.15, 0.2) is 29.2 Å². The molecule has 21 heavy (non-hydrogen) atoms. The summed E-state index contributed by atoms with van der Waals surface area (Å²) in [6.07, 6.45) is 2.79. The van der Waals surface area contributed by atoms with Gasteiger partial charge in [-0.05, 0) is 25.5 Å². The maximum atomic E-state index is 12.0. The molecular formula is C14H20N2O4S. The van der Waals surface area contributed by atoms with E-state index in [1.165, 1.54) is 31.2 Å². The molecular weight excluding hydrogens is 292 g/mol. The first kappa shape index (κ1) is 17.2. The van der Waals surface area contributed by atoms with Crippen LogP contribution in [-0.2, 0) is 10.0 Å². The summed E-state index contributed by atoms with van der Waals surface area (Å²) < 4.78 is 25.8. The van der Waals surface area contributed by atoms with Crippen molar-refractivity contribution in [1.82, 2.24) is 10.0 Å². The molecule has 116 valence electrons. The predicted molar refractivity (Wildman–Crippen MR) is 79.7 cm³/mol. The number of hydrogen-bond acceptors (Lipinski definition) is 4. The molecule has 0 bridgehead atoms. The lowest BCUT2D eigenvalue weighted by Crippen LogP contribution is -2.39. The molecule has 0 aliphatic heterocycles. The van der Waals surface area contributed by atoms with Crippen molar-refractivity contribution in [1.29, 1.82) is 0 Å². The molecule has 0 aromatic heterocycles. The Morgan fingerprint density at radius 3 is 2.24 bits per heavy atom. The molecule has 0 fully saturated rings. The summed E-state index contributed by atoms with van der Waals surface area (Å²) in [5.74, 6) is -0.152. The predicted octanol–water partition coefficient (Wildman–Crippen LogP) is 2.07. The standard InChI is InChI=1S/C14H20N2O4S/c1-3-4-5-10-15-14(18)16-21(19,20)13-8-6-12(7-9-13)11(2)17/h6-9H,3-5,10H2,1-2H3,(H2,15,16,18). The number of hydrogen-bond donors (Lipinski definition) is 2. The van der Waals surface area contributed by atoms with Gasteiger partial charge in [-0.25, -0.2) is 17.9 Å². The van der Waals surface area contributed by atoms with E-state index in [0.29, 0.717) is 12.1 Å². The molecule has 6 nitrogen and oxygen atoms in total. The number of ketones is 1. The fraction of sp³-hybridized carbons (Fsp3) is 0.429. The zero-order valence-corrected chi connectivity index (χ0v) is 13.0. The zero-order chi connectivity index (χ0) is 15.9. The molecule has 0 spiro atoms. The van der Waals surface area contributed by atoms with Crippen LogP contribution in [0.1, 0.15) is 43.5 Å². The molecule has 0 aliphatic rings. The van der Waals surface area contributed by atoms with Crippen LogP contribution in [0.4, 0.5) is 4.79 Å². The van der Waals surface area contributed by atoms with Gasteiger partial charge in [-0.3, -0.25) is 4.79 Å². The van der Waals surface area contributed by atoms with Crippen molar-refractivity contribution in [2.75, 3.05) is 6.54 Å². The van der Waals surface area contributed by atoms with Crippen molar-refractivity contribution >= 4 is 21.8 Å². The van der Waals surface area contributed by atoms with Crippen molar-refractivity contribution in [2.45, 2.75) is 38.0 Å². The van der Waals surface area contributed by atoms with Crippen LogP contribution in [0.2, 0.25) is 0 Å². The smallest absolute Gasteiger partial charge is 0.328 e. The van der Waals surface area contributed by atoms with E-state index in [2.05, 4.69) is 5.32 Å². The molecule has 1 aromatic carbocycles. The molecule has 1 rings (SSSR count). The summed E-state index contributed by atoms with van der Waals surface area (Å²) >= 11 is 0. The third-order valence-corrected chi connectivity index (χ3v) is 4.21. The topological polar surface area (TPSA) is 92.3 Å². The quantitative estimate of drug-likeness (QED) is 0.595. The first-order valence-electron chi connectivity index (χ1n) is 6.78. The van der Waals surface area contributed by atoms with E-state index in [4.69, 9.17) is 0 Å². The highest BCUT2D eigenvalue weighted by molar-refractivity contribution is 7.90. The number of unbranched alkanes of at least 4 members (excludes halogenated alkanes) is 2. The van der Waals surface area contributed by atoms with Crippen LogP contribution < -0.4 is 10.0 Å². The highest BCUT2D eigenvalue weighted by Crippen LogP contribution is 2.10. The van der Waals surface area contributed by atoms with Crippen molar-refractivity contribution in [3.63, 3.8) is 0 Å². The number of sulfonamides is 1. The second-order valence-electron chi connectivity index (χ2n) is 4.65. The van der Waals surface area contributed by atoms with E-state index in [1.54, 1.807) is 0 Å². The summed E-state index contributed by atoms with van der Waals surface area (Å²) in [5.41, 5.74) is 0.415. The molecule has 0 saturated carbocycles. The Hall–Kier alpha value is -1.89. The minimum absolute atomic E-state index is 0.0591. The number of carbonyl (C=O) groups is 2. The van der Waals surface area contributed by atoms with Gasteiger partial charge in [-0.15, -0.1) is 0 Å². The van der Waals surface area contributed by atoms with Crippen LogP contribution in [0.3, 0.4) is 0 Å². The first-order valence-corrected chi connectivity index (χ1v) is 8.27. The van der Waals surface area contributed by atoms with Gasteiger partial charge in [0.25, 0.3) is 10.0 Å². The summed E-state index contributed by atoms with van der Waals surface area (Å²) in [7, 11) is -3.92. The average Bonchev–Trinajstić information content (AvgIpc) is 2.43. The number of benzene rings is 1. The van der Waals surface area contributed by atoms with Gasteiger partial charge in [-0.2, -0.15) is 0 Å². The second kappa shape index (κ2) is 7.78. The second-order valence-corrected chi connectivity index (χ2v) is 6.33.